The van der Waals surface area contributed by atoms with Crippen molar-refractivity contribution in [2.75, 3.05) is 38.6 Å². The summed E-state index contributed by atoms with van der Waals surface area (Å²) in [5.41, 5.74) is 10.4. The number of para-hydroxylation sites is 1. The molecule has 0 spiro atoms. The minimum atomic E-state index is -1.63. The molecular formula is C49H61F3N6O6S. The van der Waals surface area contributed by atoms with Gasteiger partial charge >= 0.3 is 0 Å². The SMILES string of the molecule is Cc1ncsc1-c1ccc(CNC(=O)[C@@H]2C[C@@H](O)CN2C(=O)[C@@H](NC(=O)COCCCOc2cc(F)c([C@@H]3C=C(c4ccccc4N)C[C@@H](C)N3CC(C)(C)F)c(F)c2)C(C)(C)C)cc1. The Labute approximate surface area is 383 Å². The number of anilines is 1. The van der Waals surface area contributed by atoms with Crippen LogP contribution < -0.4 is 21.1 Å². The molecule has 3 aromatic carbocycles. The molecule has 6 rings (SSSR count). The second kappa shape index (κ2) is 20.9. The summed E-state index contributed by atoms with van der Waals surface area (Å²) < 4.78 is 58.1. The first kappa shape index (κ1) is 49.2. The third-order valence-corrected chi connectivity index (χ3v) is 12.6. The number of aliphatic hydroxyl groups is 1. The highest BCUT2D eigenvalue weighted by molar-refractivity contribution is 7.13. The average Bonchev–Trinajstić information content (AvgIpc) is 3.85. The van der Waals surface area contributed by atoms with Gasteiger partial charge in [-0.25, -0.2) is 18.2 Å². The van der Waals surface area contributed by atoms with Gasteiger partial charge in [0.25, 0.3) is 0 Å². The zero-order valence-electron chi connectivity index (χ0n) is 38.1. The summed E-state index contributed by atoms with van der Waals surface area (Å²) in [6.07, 6.45) is 1.68. The number of benzene rings is 3. The van der Waals surface area contributed by atoms with E-state index in [0.29, 0.717) is 12.1 Å². The number of aromatic nitrogens is 1. The molecule has 0 radical (unpaired) electrons. The highest BCUT2D eigenvalue weighted by Crippen LogP contribution is 2.42. The lowest BCUT2D eigenvalue weighted by Crippen LogP contribution is -2.58. The van der Waals surface area contributed by atoms with Crippen molar-refractivity contribution in [1.29, 1.82) is 0 Å². The molecule has 2 aliphatic rings. The van der Waals surface area contributed by atoms with E-state index in [1.807, 2.05) is 56.3 Å². The van der Waals surface area contributed by atoms with E-state index < -0.39 is 64.7 Å². The molecule has 4 aromatic rings. The number of alkyl halides is 1. The molecule has 2 aliphatic heterocycles. The number of aliphatic hydroxyl groups excluding tert-OH is 1. The average molecular weight is 919 g/mol. The number of aryl methyl sites for hydroxylation is 1. The number of amides is 3. The smallest absolute Gasteiger partial charge is 0.246 e. The van der Waals surface area contributed by atoms with Gasteiger partial charge in [0.2, 0.25) is 17.7 Å². The van der Waals surface area contributed by atoms with Crippen LogP contribution in [-0.2, 0) is 25.7 Å². The highest BCUT2D eigenvalue weighted by Gasteiger charge is 2.44. The summed E-state index contributed by atoms with van der Waals surface area (Å²) in [6.45, 7) is 11.9. The van der Waals surface area contributed by atoms with Gasteiger partial charge in [0, 0.05) is 67.5 Å². The van der Waals surface area contributed by atoms with Crippen molar-refractivity contribution < 1.29 is 42.1 Å². The van der Waals surface area contributed by atoms with Crippen molar-refractivity contribution in [2.45, 2.75) is 110 Å². The van der Waals surface area contributed by atoms with E-state index in [-0.39, 0.29) is 69.7 Å². The number of nitrogens with one attached hydrogen (secondary N) is 2. The number of hydrogen-bond donors (Lipinski definition) is 4. The number of nitrogen functional groups attached to an aromatic ring is 1. The topological polar surface area (TPSA) is 159 Å². The molecule has 1 saturated heterocycles. The molecule has 350 valence electrons. The minimum absolute atomic E-state index is 0.0154. The second-order valence-electron chi connectivity index (χ2n) is 18.7. The molecule has 0 saturated carbocycles. The Bertz CT molecular complexity index is 2320. The first-order valence-corrected chi connectivity index (χ1v) is 22.8. The normalized spacial score (nSPS) is 19.7. The van der Waals surface area contributed by atoms with Gasteiger partial charge in [-0.2, -0.15) is 0 Å². The fraction of sp³-hybridized carbons (Fsp3) is 0.469. The Kier molecular flexibility index (Phi) is 15.8. The molecule has 1 aromatic heterocycles. The van der Waals surface area contributed by atoms with E-state index in [2.05, 4.69) is 15.6 Å². The van der Waals surface area contributed by atoms with E-state index in [1.54, 1.807) is 54.7 Å². The van der Waals surface area contributed by atoms with Crippen LogP contribution in [0.5, 0.6) is 5.75 Å². The van der Waals surface area contributed by atoms with Crippen LogP contribution in [0, 0.1) is 24.0 Å². The first-order valence-electron chi connectivity index (χ1n) is 21.9. The van der Waals surface area contributed by atoms with Crippen molar-refractivity contribution in [1.82, 2.24) is 25.4 Å². The highest BCUT2D eigenvalue weighted by atomic mass is 32.1. The Morgan fingerprint density at radius 2 is 1.72 bits per heavy atom. The summed E-state index contributed by atoms with van der Waals surface area (Å²) in [4.78, 5) is 49.0. The Balaban J connectivity index is 1.00. The maximum absolute atomic E-state index is 15.9. The van der Waals surface area contributed by atoms with Crippen molar-refractivity contribution in [3.63, 3.8) is 0 Å². The number of hydrogen-bond acceptors (Lipinski definition) is 10. The van der Waals surface area contributed by atoms with Gasteiger partial charge in [0.05, 0.1) is 41.4 Å². The largest absolute Gasteiger partial charge is 0.493 e. The fourth-order valence-corrected chi connectivity index (χ4v) is 9.23. The summed E-state index contributed by atoms with van der Waals surface area (Å²) >= 11 is 1.55. The summed E-state index contributed by atoms with van der Waals surface area (Å²) in [5.74, 6) is -3.19. The molecule has 65 heavy (non-hydrogen) atoms. The van der Waals surface area contributed by atoms with Crippen LogP contribution >= 0.6 is 11.3 Å². The van der Waals surface area contributed by atoms with Gasteiger partial charge in [0.15, 0.2) is 0 Å². The third kappa shape index (κ3) is 12.5. The molecule has 0 bridgehead atoms. The number of nitrogens with two attached hydrogens (primary N) is 1. The van der Waals surface area contributed by atoms with Gasteiger partial charge in [-0.05, 0) is 62.3 Å². The van der Waals surface area contributed by atoms with Crippen LogP contribution in [0.15, 0.2) is 72.3 Å². The standard InChI is InChI=1S/C49H61F3N6O6S/c1-29-19-33(36-11-8-9-12-39(36)53)20-40(58(29)27-49(6,7)52)43-37(50)22-35(23-38(43)51)64-18-10-17-63-26-42(60)56-45(48(3,4)5)47(62)57-25-34(59)21-41(57)46(61)54-24-31-13-15-32(16-14-31)44-30(2)55-28-65-44/h8-9,11-16,20,22-23,28-29,34,40-41,45,59H,10,17-19,21,24-27,53H2,1-7H3,(H,54,61)(H,56,60)/t29-,34-,40+,41+,45-/m1/s1. The Morgan fingerprint density at radius 3 is 2.35 bits per heavy atom. The van der Waals surface area contributed by atoms with Crippen molar-refractivity contribution >= 4 is 40.3 Å². The van der Waals surface area contributed by atoms with E-state index in [9.17, 15) is 19.5 Å². The van der Waals surface area contributed by atoms with Gasteiger partial charge in [0.1, 0.15) is 41.7 Å². The van der Waals surface area contributed by atoms with Crippen LogP contribution in [0.2, 0.25) is 0 Å². The summed E-state index contributed by atoms with van der Waals surface area (Å²) in [6, 6.07) is 14.1. The predicted molar refractivity (Wildman–Crippen MR) is 246 cm³/mol. The monoisotopic (exact) mass is 918 g/mol. The Hall–Kier alpha value is -5.29. The van der Waals surface area contributed by atoms with Gasteiger partial charge in [-0.15, -0.1) is 11.3 Å². The second-order valence-corrected chi connectivity index (χ2v) is 19.5. The molecule has 12 nitrogen and oxygen atoms in total. The third-order valence-electron chi connectivity index (χ3n) is 11.7. The fourth-order valence-electron chi connectivity index (χ4n) is 8.42. The van der Waals surface area contributed by atoms with Crippen LogP contribution in [-0.4, -0.2) is 100 Å². The van der Waals surface area contributed by atoms with Crippen molar-refractivity contribution in [3.8, 4) is 16.2 Å². The molecule has 5 N–H and O–H groups in total. The van der Waals surface area contributed by atoms with E-state index in [1.165, 1.54) is 18.7 Å². The number of carbonyl (C=O) groups excluding carboxylic acids is 3. The van der Waals surface area contributed by atoms with Gasteiger partial charge < -0.3 is 35.8 Å². The number of carbonyl (C=O) groups is 3. The lowest BCUT2D eigenvalue weighted by atomic mass is 9.85. The number of halogens is 3. The zero-order valence-corrected chi connectivity index (χ0v) is 38.9. The van der Waals surface area contributed by atoms with E-state index in [0.717, 1.165) is 45.0 Å². The molecular weight excluding hydrogens is 858 g/mol. The number of β-amino-alcohol motifs (C(OH)–C–C–N with tert-alkyl or cyclic N) is 1. The minimum Gasteiger partial charge on any atom is -0.493 e. The predicted octanol–water partition coefficient (Wildman–Crippen LogP) is 7.54. The maximum Gasteiger partial charge on any atom is 0.246 e. The van der Waals surface area contributed by atoms with Crippen molar-refractivity contribution in [2.24, 2.45) is 5.41 Å². The quantitative estimate of drug-likeness (QED) is 0.0621. The molecule has 0 unspecified atom stereocenters. The van der Waals surface area contributed by atoms with Crippen LogP contribution in [0.1, 0.15) is 89.2 Å². The maximum atomic E-state index is 15.9. The molecule has 5 atom stereocenters. The number of thiazole rings is 1. The summed E-state index contributed by atoms with van der Waals surface area (Å²) in [5, 5.41) is 16.2. The number of likely N-dealkylation sites (tertiary alicyclic amines) is 1. The molecule has 1 fully saturated rings. The Morgan fingerprint density at radius 1 is 1.03 bits per heavy atom. The lowest BCUT2D eigenvalue weighted by molar-refractivity contribution is -0.144. The first-order chi connectivity index (χ1) is 30.7. The number of rotatable bonds is 17. The number of ether oxygens (including phenoxy) is 2. The number of nitrogens with zero attached hydrogens (tertiary/aromatic N) is 3. The van der Waals surface area contributed by atoms with Crippen LogP contribution in [0.25, 0.3) is 16.0 Å². The van der Waals surface area contributed by atoms with Crippen LogP contribution in [0.3, 0.4) is 0 Å². The van der Waals surface area contributed by atoms with Crippen LogP contribution in [0.4, 0.5) is 18.9 Å². The van der Waals surface area contributed by atoms with E-state index >= 15 is 13.2 Å². The van der Waals surface area contributed by atoms with E-state index in [4.69, 9.17) is 15.2 Å². The van der Waals surface area contributed by atoms with Gasteiger partial charge in [-0.3, -0.25) is 19.3 Å². The zero-order chi connectivity index (χ0) is 47.2. The summed E-state index contributed by atoms with van der Waals surface area (Å²) in [7, 11) is 0. The molecule has 3 amide bonds. The van der Waals surface area contributed by atoms with Crippen molar-refractivity contribution in [3.05, 3.63) is 106 Å². The lowest BCUT2D eigenvalue weighted by Gasteiger charge is -2.42. The molecule has 16 heteroatoms. The molecule has 3 heterocycles. The van der Waals surface area contributed by atoms with Gasteiger partial charge in [-0.1, -0.05) is 69.3 Å². The molecule has 0 aliphatic carbocycles.